The smallest absolute Gasteiger partial charge is 0.225 e. The molecule has 0 aliphatic heterocycles. The molecule has 0 spiro atoms. The van der Waals surface area contributed by atoms with Crippen LogP contribution in [0.4, 0.5) is 5.69 Å². The Hall–Kier alpha value is -1.75. The van der Waals surface area contributed by atoms with Crippen molar-refractivity contribution in [2.45, 2.75) is 13.3 Å². The third-order valence-electron chi connectivity index (χ3n) is 2.67. The van der Waals surface area contributed by atoms with Crippen LogP contribution in [0.15, 0.2) is 24.3 Å². The first-order valence-corrected chi connectivity index (χ1v) is 6.43. The van der Waals surface area contributed by atoms with Crippen LogP contribution in [0.5, 0.6) is 5.75 Å². The third kappa shape index (κ3) is 6.10. The van der Waals surface area contributed by atoms with Gasteiger partial charge in [-0.15, -0.1) is 0 Å². The molecule has 19 heavy (non-hydrogen) atoms. The molecule has 0 saturated heterocycles. The fourth-order valence-corrected chi connectivity index (χ4v) is 1.48. The van der Waals surface area contributed by atoms with Crippen molar-refractivity contribution in [3.8, 4) is 5.75 Å². The quantitative estimate of drug-likeness (QED) is 0.572. The number of hydrogen-bond acceptors (Lipinski definition) is 4. The number of anilines is 1. The van der Waals surface area contributed by atoms with Crippen LogP contribution in [0.1, 0.15) is 13.3 Å². The molecule has 106 valence electrons. The van der Waals surface area contributed by atoms with Crippen LogP contribution in [0.2, 0.25) is 0 Å². The molecular weight excluding hydrogens is 244 g/mol. The van der Waals surface area contributed by atoms with E-state index in [1.165, 1.54) is 0 Å². The van der Waals surface area contributed by atoms with Crippen LogP contribution in [-0.4, -0.2) is 44.2 Å². The second-order valence-corrected chi connectivity index (χ2v) is 4.18. The Kier molecular flexibility index (Phi) is 6.74. The first-order chi connectivity index (χ1) is 9.13. The van der Waals surface area contributed by atoms with Crippen molar-refractivity contribution in [1.29, 1.82) is 0 Å². The number of carbonyl (C=O) groups is 1. The van der Waals surface area contributed by atoms with Gasteiger partial charge in [-0.25, -0.2) is 0 Å². The Morgan fingerprint density at radius 1 is 1.26 bits per heavy atom. The van der Waals surface area contributed by atoms with Crippen LogP contribution in [0.25, 0.3) is 0 Å². The van der Waals surface area contributed by atoms with Crippen LogP contribution < -0.4 is 10.5 Å². The SMILES string of the molecule is CCOCCN(C)C(=O)CCOc1ccc(N)cc1. The molecule has 5 nitrogen and oxygen atoms in total. The summed E-state index contributed by atoms with van der Waals surface area (Å²) in [5.74, 6) is 0.772. The second-order valence-electron chi connectivity index (χ2n) is 4.18. The van der Waals surface area contributed by atoms with Crippen molar-refractivity contribution < 1.29 is 14.3 Å². The lowest BCUT2D eigenvalue weighted by molar-refractivity contribution is -0.131. The average molecular weight is 266 g/mol. The summed E-state index contributed by atoms with van der Waals surface area (Å²) >= 11 is 0. The van der Waals surface area contributed by atoms with Gasteiger partial charge in [0.05, 0.1) is 19.6 Å². The Morgan fingerprint density at radius 2 is 1.95 bits per heavy atom. The number of likely N-dealkylation sites (N-methyl/N-ethyl adjacent to an activating group) is 1. The summed E-state index contributed by atoms with van der Waals surface area (Å²) in [6.45, 7) is 4.14. The van der Waals surface area contributed by atoms with E-state index in [0.29, 0.717) is 38.5 Å². The fraction of sp³-hybridized carbons (Fsp3) is 0.500. The molecule has 0 bridgehead atoms. The Morgan fingerprint density at radius 3 is 2.58 bits per heavy atom. The van der Waals surface area contributed by atoms with Crippen LogP contribution >= 0.6 is 0 Å². The lowest BCUT2D eigenvalue weighted by atomic mass is 10.3. The molecule has 0 saturated carbocycles. The van der Waals surface area contributed by atoms with Gasteiger partial charge >= 0.3 is 0 Å². The number of hydrogen-bond donors (Lipinski definition) is 1. The molecule has 2 N–H and O–H groups in total. The predicted molar refractivity (Wildman–Crippen MR) is 75.1 cm³/mol. The molecule has 0 fully saturated rings. The summed E-state index contributed by atoms with van der Waals surface area (Å²) in [6, 6.07) is 7.12. The van der Waals surface area contributed by atoms with Crippen LogP contribution in [0, 0.1) is 0 Å². The van der Waals surface area contributed by atoms with Gasteiger partial charge in [0.15, 0.2) is 0 Å². The topological polar surface area (TPSA) is 64.8 Å². The van der Waals surface area contributed by atoms with Crippen molar-refractivity contribution in [2.24, 2.45) is 0 Å². The first kappa shape index (κ1) is 15.3. The third-order valence-corrected chi connectivity index (χ3v) is 2.67. The van der Waals surface area contributed by atoms with E-state index in [1.54, 1.807) is 36.2 Å². The molecule has 0 aliphatic rings. The van der Waals surface area contributed by atoms with E-state index in [9.17, 15) is 4.79 Å². The monoisotopic (exact) mass is 266 g/mol. The van der Waals surface area contributed by atoms with Gasteiger partial charge in [0, 0.05) is 25.9 Å². The van der Waals surface area contributed by atoms with Gasteiger partial charge in [-0.3, -0.25) is 4.79 Å². The fourth-order valence-electron chi connectivity index (χ4n) is 1.48. The number of nitrogen functional groups attached to an aromatic ring is 1. The van der Waals surface area contributed by atoms with E-state index < -0.39 is 0 Å². The highest BCUT2D eigenvalue weighted by atomic mass is 16.5. The Labute approximate surface area is 114 Å². The van der Waals surface area contributed by atoms with Crippen molar-refractivity contribution in [3.63, 3.8) is 0 Å². The standard InChI is InChI=1S/C14H22N2O3/c1-3-18-11-9-16(2)14(17)8-10-19-13-6-4-12(15)5-7-13/h4-7H,3,8-11,15H2,1-2H3. The zero-order valence-corrected chi connectivity index (χ0v) is 11.6. The lowest BCUT2D eigenvalue weighted by Crippen LogP contribution is -2.31. The molecule has 0 unspecified atom stereocenters. The largest absolute Gasteiger partial charge is 0.493 e. The molecule has 0 aromatic heterocycles. The summed E-state index contributed by atoms with van der Waals surface area (Å²) in [7, 11) is 1.77. The number of ether oxygens (including phenoxy) is 2. The molecule has 1 aromatic carbocycles. The number of nitrogens with zero attached hydrogens (tertiary/aromatic N) is 1. The van der Waals surface area contributed by atoms with Crippen LogP contribution in [0.3, 0.4) is 0 Å². The van der Waals surface area contributed by atoms with Crippen LogP contribution in [-0.2, 0) is 9.53 Å². The highest BCUT2D eigenvalue weighted by molar-refractivity contribution is 5.75. The van der Waals surface area contributed by atoms with Gasteiger partial charge in [0.25, 0.3) is 0 Å². The maximum atomic E-state index is 11.8. The predicted octanol–water partition coefficient (Wildman–Crippen LogP) is 1.53. The van der Waals surface area contributed by atoms with Crippen molar-refractivity contribution >= 4 is 11.6 Å². The van der Waals surface area contributed by atoms with Crippen molar-refractivity contribution in [2.75, 3.05) is 39.1 Å². The number of benzene rings is 1. The number of nitrogens with two attached hydrogens (primary N) is 1. The minimum absolute atomic E-state index is 0.0511. The molecule has 0 heterocycles. The van der Waals surface area contributed by atoms with Gasteiger partial charge in [-0.1, -0.05) is 0 Å². The molecule has 0 atom stereocenters. The molecule has 1 rings (SSSR count). The molecule has 5 heteroatoms. The van der Waals surface area contributed by atoms with Gasteiger partial charge < -0.3 is 20.1 Å². The maximum Gasteiger partial charge on any atom is 0.225 e. The van der Waals surface area contributed by atoms with E-state index in [0.717, 1.165) is 5.75 Å². The maximum absolute atomic E-state index is 11.8. The molecule has 0 radical (unpaired) electrons. The van der Waals surface area contributed by atoms with Crippen molar-refractivity contribution in [1.82, 2.24) is 4.90 Å². The van der Waals surface area contributed by atoms with E-state index >= 15 is 0 Å². The molecule has 1 amide bonds. The van der Waals surface area contributed by atoms with Gasteiger partial charge in [-0.2, -0.15) is 0 Å². The summed E-state index contributed by atoms with van der Waals surface area (Å²) in [5.41, 5.74) is 6.27. The van der Waals surface area contributed by atoms with Gasteiger partial charge in [0.2, 0.25) is 5.91 Å². The molecular formula is C14H22N2O3. The first-order valence-electron chi connectivity index (χ1n) is 6.43. The highest BCUT2D eigenvalue weighted by Gasteiger charge is 2.08. The minimum Gasteiger partial charge on any atom is -0.493 e. The minimum atomic E-state index is 0.0511. The average Bonchev–Trinajstić information content (AvgIpc) is 2.41. The van der Waals surface area contributed by atoms with Gasteiger partial charge in [0.1, 0.15) is 5.75 Å². The Balaban J connectivity index is 2.21. The number of rotatable bonds is 8. The number of amides is 1. The molecule has 0 aliphatic carbocycles. The van der Waals surface area contributed by atoms with E-state index in [4.69, 9.17) is 15.2 Å². The van der Waals surface area contributed by atoms with E-state index in [1.807, 2.05) is 6.92 Å². The van der Waals surface area contributed by atoms with Crippen molar-refractivity contribution in [3.05, 3.63) is 24.3 Å². The van der Waals surface area contributed by atoms with E-state index in [2.05, 4.69) is 0 Å². The summed E-state index contributed by atoms with van der Waals surface area (Å²) in [5, 5.41) is 0. The zero-order valence-electron chi connectivity index (χ0n) is 11.6. The number of carbonyl (C=O) groups excluding carboxylic acids is 1. The normalized spacial score (nSPS) is 10.2. The summed E-state index contributed by atoms with van der Waals surface area (Å²) in [4.78, 5) is 13.4. The van der Waals surface area contributed by atoms with Gasteiger partial charge in [-0.05, 0) is 31.2 Å². The lowest BCUT2D eigenvalue weighted by Gasteiger charge is -2.17. The summed E-state index contributed by atoms with van der Waals surface area (Å²) < 4.78 is 10.7. The molecule has 1 aromatic rings. The highest BCUT2D eigenvalue weighted by Crippen LogP contribution is 2.13. The zero-order chi connectivity index (χ0) is 14.1. The second kappa shape index (κ2) is 8.37. The van der Waals surface area contributed by atoms with E-state index in [-0.39, 0.29) is 5.91 Å². The Bertz CT molecular complexity index is 379. The summed E-state index contributed by atoms with van der Waals surface area (Å²) in [6.07, 6.45) is 0.354.